The Morgan fingerprint density at radius 2 is 1.76 bits per heavy atom. The van der Waals surface area contributed by atoms with Gasteiger partial charge < -0.3 is 0 Å². The van der Waals surface area contributed by atoms with Crippen molar-refractivity contribution < 1.29 is 0 Å². The Morgan fingerprint density at radius 1 is 1.00 bits per heavy atom. The monoisotopic (exact) mass is 230 g/mol. The maximum Gasteiger partial charge on any atom is -0.0316 e. The largest absolute Gasteiger partial charge is 0.0991 e. The van der Waals surface area contributed by atoms with Crippen LogP contribution in [0.4, 0.5) is 0 Å². The molecule has 4 unspecified atom stereocenters. The average molecular weight is 230 g/mol. The van der Waals surface area contributed by atoms with Gasteiger partial charge in [0.15, 0.2) is 0 Å². The SMILES string of the molecule is C=CC=CCC1CC1CCC=CCC1CC1C. The molecule has 2 aliphatic rings. The molecule has 94 valence electrons. The van der Waals surface area contributed by atoms with Crippen molar-refractivity contribution in [3.05, 3.63) is 37.0 Å². The second kappa shape index (κ2) is 6.23. The molecular weight excluding hydrogens is 204 g/mol. The van der Waals surface area contributed by atoms with Gasteiger partial charge in [0.1, 0.15) is 0 Å². The lowest BCUT2D eigenvalue weighted by Gasteiger charge is -1.94. The highest BCUT2D eigenvalue weighted by atomic mass is 14.4. The molecule has 0 N–H and O–H groups in total. The minimum atomic E-state index is 0.975. The first kappa shape index (κ1) is 12.7. The van der Waals surface area contributed by atoms with Gasteiger partial charge in [0.25, 0.3) is 0 Å². The van der Waals surface area contributed by atoms with Crippen LogP contribution in [-0.2, 0) is 0 Å². The molecule has 0 aromatic rings. The van der Waals surface area contributed by atoms with Gasteiger partial charge in [-0.3, -0.25) is 0 Å². The number of hydrogen-bond donors (Lipinski definition) is 0. The van der Waals surface area contributed by atoms with Gasteiger partial charge in [0.05, 0.1) is 0 Å². The Morgan fingerprint density at radius 3 is 2.47 bits per heavy atom. The molecule has 0 amide bonds. The minimum absolute atomic E-state index is 0.975. The molecule has 2 aliphatic carbocycles. The highest BCUT2D eigenvalue weighted by molar-refractivity contribution is 5.01. The summed E-state index contributed by atoms with van der Waals surface area (Å²) in [5, 5.41) is 0. The summed E-state index contributed by atoms with van der Waals surface area (Å²) >= 11 is 0. The molecule has 0 bridgehead atoms. The normalized spacial score (nSPS) is 35.6. The van der Waals surface area contributed by atoms with E-state index < -0.39 is 0 Å². The summed E-state index contributed by atoms with van der Waals surface area (Å²) in [5.41, 5.74) is 0. The molecule has 17 heavy (non-hydrogen) atoms. The van der Waals surface area contributed by atoms with Crippen molar-refractivity contribution in [2.45, 2.75) is 45.4 Å². The Balaban J connectivity index is 1.46. The molecule has 0 radical (unpaired) electrons. The van der Waals surface area contributed by atoms with Crippen LogP contribution in [0.5, 0.6) is 0 Å². The molecule has 0 aliphatic heterocycles. The molecule has 0 heteroatoms. The number of hydrogen-bond acceptors (Lipinski definition) is 0. The van der Waals surface area contributed by atoms with E-state index >= 15 is 0 Å². The maximum absolute atomic E-state index is 3.70. The second-order valence-electron chi connectivity index (χ2n) is 5.91. The molecule has 0 saturated heterocycles. The van der Waals surface area contributed by atoms with Gasteiger partial charge in [0.2, 0.25) is 0 Å². The van der Waals surface area contributed by atoms with Crippen LogP contribution < -0.4 is 0 Å². The van der Waals surface area contributed by atoms with E-state index in [1.807, 2.05) is 6.08 Å². The van der Waals surface area contributed by atoms with Gasteiger partial charge in [-0.15, -0.1) is 0 Å². The van der Waals surface area contributed by atoms with Crippen LogP contribution in [0.15, 0.2) is 37.0 Å². The topological polar surface area (TPSA) is 0 Å². The van der Waals surface area contributed by atoms with Gasteiger partial charge in [-0.25, -0.2) is 0 Å². The smallest absolute Gasteiger partial charge is 0.0316 e. The lowest BCUT2D eigenvalue weighted by molar-refractivity contribution is 0.655. The quantitative estimate of drug-likeness (QED) is 0.400. The standard InChI is InChI=1S/C17H26/c1-3-4-6-10-16-13-17(16)11-8-5-7-9-15-12-14(15)2/h3-7,14-17H,1,8-13H2,2H3. The highest BCUT2D eigenvalue weighted by Gasteiger charge is 2.34. The van der Waals surface area contributed by atoms with E-state index in [4.69, 9.17) is 0 Å². The summed E-state index contributed by atoms with van der Waals surface area (Å²) in [6, 6.07) is 0. The number of rotatable bonds is 8. The zero-order chi connectivity index (χ0) is 12.1. The molecule has 0 aromatic carbocycles. The van der Waals surface area contributed by atoms with Crippen LogP contribution in [-0.4, -0.2) is 0 Å². The van der Waals surface area contributed by atoms with Gasteiger partial charge in [-0.1, -0.05) is 43.9 Å². The summed E-state index contributed by atoms with van der Waals surface area (Å²) in [4.78, 5) is 0. The van der Waals surface area contributed by atoms with Crippen LogP contribution in [0.1, 0.15) is 45.4 Å². The molecule has 0 heterocycles. The van der Waals surface area contributed by atoms with Crippen molar-refractivity contribution >= 4 is 0 Å². The van der Waals surface area contributed by atoms with Gasteiger partial charge in [-0.05, 0) is 62.2 Å². The van der Waals surface area contributed by atoms with Crippen molar-refractivity contribution in [1.82, 2.24) is 0 Å². The molecule has 0 aromatic heterocycles. The van der Waals surface area contributed by atoms with E-state index in [2.05, 4.69) is 37.8 Å². The third kappa shape index (κ3) is 4.53. The first-order valence-electron chi connectivity index (χ1n) is 7.23. The van der Waals surface area contributed by atoms with Crippen LogP contribution in [0.2, 0.25) is 0 Å². The van der Waals surface area contributed by atoms with Crippen molar-refractivity contribution in [3.8, 4) is 0 Å². The van der Waals surface area contributed by atoms with Gasteiger partial charge >= 0.3 is 0 Å². The predicted octanol–water partition coefficient (Wildman–Crippen LogP) is 5.14. The zero-order valence-electron chi connectivity index (χ0n) is 11.1. The lowest BCUT2D eigenvalue weighted by atomic mass is 10.1. The fraction of sp³-hybridized carbons (Fsp3) is 0.647. The first-order chi connectivity index (χ1) is 8.31. The van der Waals surface area contributed by atoms with E-state index in [0.717, 1.165) is 23.7 Å². The van der Waals surface area contributed by atoms with E-state index in [0.29, 0.717) is 0 Å². The Bertz CT molecular complexity index is 297. The lowest BCUT2D eigenvalue weighted by Crippen LogP contribution is -1.81. The molecule has 2 fully saturated rings. The van der Waals surface area contributed by atoms with E-state index in [-0.39, 0.29) is 0 Å². The van der Waals surface area contributed by atoms with Gasteiger partial charge in [0, 0.05) is 0 Å². The first-order valence-corrected chi connectivity index (χ1v) is 7.23. The summed E-state index contributed by atoms with van der Waals surface area (Å²) in [7, 11) is 0. The van der Waals surface area contributed by atoms with Crippen molar-refractivity contribution in [2.75, 3.05) is 0 Å². The Hall–Kier alpha value is -0.780. The highest BCUT2D eigenvalue weighted by Crippen LogP contribution is 2.45. The summed E-state index contributed by atoms with van der Waals surface area (Å²) in [6.45, 7) is 6.06. The van der Waals surface area contributed by atoms with Crippen LogP contribution >= 0.6 is 0 Å². The van der Waals surface area contributed by atoms with Crippen LogP contribution in [0, 0.1) is 23.7 Å². The molecule has 4 atom stereocenters. The van der Waals surface area contributed by atoms with Gasteiger partial charge in [-0.2, -0.15) is 0 Å². The minimum Gasteiger partial charge on any atom is -0.0991 e. The predicted molar refractivity (Wildman–Crippen MR) is 75.8 cm³/mol. The third-order valence-corrected chi connectivity index (χ3v) is 4.37. The Kier molecular flexibility index (Phi) is 4.65. The van der Waals surface area contributed by atoms with Crippen molar-refractivity contribution in [1.29, 1.82) is 0 Å². The molecular formula is C17H26. The average Bonchev–Trinajstić information content (AvgIpc) is 3.20. The fourth-order valence-electron chi connectivity index (χ4n) is 2.73. The number of allylic oxidation sites excluding steroid dienone is 5. The van der Waals surface area contributed by atoms with Crippen molar-refractivity contribution in [2.24, 2.45) is 23.7 Å². The third-order valence-electron chi connectivity index (χ3n) is 4.37. The summed E-state index contributed by atoms with van der Waals surface area (Å²) < 4.78 is 0. The summed E-state index contributed by atoms with van der Waals surface area (Å²) in [6.07, 6.45) is 19.3. The van der Waals surface area contributed by atoms with Crippen LogP contribution in [0.3, 0.4) is 0 Å². The molecule has 0 nitrogen and oxygen atoms in total. The zero-order valence-corrected chi connectivity index (χ0v) is 11.1. The summed E-state index contributed by atoms with van der Waals surface area (Å²) in [5.74, 6) is 4.00. The second-order valence-corrected chi connectivity index (χ2v) is 5.91. The molecule has 2 saturated carbocycles. The van der Waals surface area contributed by atoms with Crippen LogP contribution in [0.25, 0.3) is 0 Å². The molecule has 0 spiro atoms. The van der Waals surface area contributed by atoms with E-state index in [9.17, 15) is 0 Å². The molecule has 2 rings (SSSR count). The fourth-order valence-corrected chi connectivity index (χ4v) is 2.73. The van der Waals surface area contributed by atoms with E-state index in [1.165, 1.54) is 38.5 Å². The van der Waals surface area contributed by atoms with E-state index in [1.54, 1.807) is 0 Å². The Labute approximate surface area is 106 Å². The van der Waals surface area contributed by atoms with Crippen molar-refractivity contribution in [3.63, 3.8) is 0 Å². The maximum atomic E-state index is 3.70.